The molecule has 0 saturated carbocycles. The van der Waals surface area contributed by atoms with Gasteiger partial charge in [0.25, 0.3) is 0 Å². The van der Waals surface area contributed by atoms with Gasteiger partial charge in [0, 0.05) is 5.75 Å². The fourth-order valence-corrected chi connectivity index (χ4v) is 2.78. The topological polar surface area (TPSA) is 49.3 Å². The first kappa shape index (κ1) is 16.8. The second-order valence-corrected chi connectivity index (χ2v) is 6.03. The fourth-order valence-electron chi connectivity index (χ4n) is 1.78. The van der Waals surface area contributed by atoms with Crippen LogP contribution < -0.4 is 5.32 Å². The Morgan fingerprint density at radius 1 is 1.18 bits per heavy atom. The Morgan fingerprint density at radius 2 is 1.86 bits per heavy atom. The SMILES string of the molecule is O=C(CSCc1ccc(CO)cc1)Nc1ccc(F)cc1Cl. The van der Waals surface area contributed by atoms with Crippen molar-refractivity contribution in [1.29, 1.82) is 0 Å². The summed E-state index contributed by atoms with van der Waals surface area (Å²) in [6.07, 6.45) is 0. The van der Waals surface area contributed by atoms with Gasteiger partial charge in [0.2, 0.25) is 5.91 Å². The van der Waals surface area contributed by atoms with E-state index >= 15 is 0 Å². The van der Waals surface area contributed by atoms with E-state index in [1.807, 2.05) is 24.3 Å². The van der Waals surface area contributed by atoms with Crippen LogP contribution in [0.15, 0.2) is 42.5 Å². The molecule has 0 aliphatic carbocycles. The average molecular weight is 340 g/mol. The van der Waals surface area contributed by atoms with Crippen molar-refractivity contribution in [3.63, 3.8) is 0 Å². The minimum atomic E-state index is -0.441. The summed E-state index contributed by atoms with van der Waals surface area (Å²) in [4.78, 5) is 11.8. The van der Waals surface area contributed by atoms with E-state index in [4.69, 9.17) is 16.7 Å². The van der Waals surface area contributed by atoms with Gasteiger partial charge in [0.15, 0.2) is 0 Å². The summed E-state index contributed by atoms with van der Waals surface area (Å²) in [5.41, 5.74) is 2.34. The largest absolute Gasteiger partial charge is 0.392 e. The molecule has 0 radical (unpaired) electrons. The van der Waals surface area contributed by atoms with Gasteiger partial charge in [-0.05, 0) is 29.3 Å². The third kappa shape index (κ3) is 5.02. The van der Waals surface area contributed by atoms with Crippen LogP contribution in [0.25, 0.3) is 0 Å². The number of carbonyl (C=O) groups is 1. The highest BCUT2D eigenvalue weighted by atomic mass is 35.5. The van der Waals surface area contributed by atoms with Gasteiger partial charge < -0.3 is 10.4 Å². The molecule has 2 rings (SSSR count). The summed E-state index contributed by atoms with van der Waals surface area (Å²) in [6, 6.07) is 11.4. The van der Waals surface area contributed by atoms with Crippen LogP contribution in [-0.2, 0) is 17.2 Å². The van der Waals surface area contributed by atoms with Gasteiger partial charge in [-0.15, -0.1) is 11.8 Å². The van der Waals surface area contributed by atoms with E-state index in [0.717, 1.165) is 17.2 Å². The van der Waals surface area contributed by atoms with Gasteiger partial charge >= 0.3 is 0 Å². The molecular formula is C16H15ClFNO2S. The van der Waals surface area contributed by atoms with E-state index in [2.05, 4.69) is 5.32 Å². The van der Waals surface area contributed by atoms with Crippen molar-refractivity contribution in [1.82, 2.24) is 0 Å². The monoisotopic (exact) mass is 339 g/mol. The molecule has 2 aromatic rings. The Hall–Kier alpha value is -1.56. The molecule has 0 spiro atoms. The Morgan fingerprint density at radius 3 is 2.50 bits per heavy atom. The number of hydrogen-bond donors (Lipinski definition) is 2. The number of aliphatic hydroxyl groups is 1. The maximum atomic E-state index is 12.9. The van der Waals surface area contributed by atoms with Crippen molar-refractivity contribution in [2.45, 2.75) is 12.4 Å². The maximum absolute atomic E-state index is 12.9. The molecule has 0 fully saturated rings. The molecule has 3 nitrogen and oxygen atoms in total. The predicted molar refractivity (Wildman–Crippen MR) is 88.6 cm³/mol. The number of halogens is 2. The third-order valence-electron chi connectivity index (χ3n) is 2.91. The lowest BCUT2D eigenvalue weighted by molar-refractivity contribution is -0.113. The van der Waals surface area contributed by atoms with Crippen LogP contribution in [0.5, 0.6) is 0 Å². The van der Waals surface area contributed by atoms with Crippen LogP contribution in [0.3, 0.4) is 0 Å². The number of rotatable bonds is 6. The number of anilines is 1. The van der Waals surface area contributed by atoms with Crippen molar-refractivity contribution in [2.24, 2.45) is 0 Å². The highest BCUT2D eigenvalue weighted by Gasteiger charge is 2.07. The van der Waals surface area contributed by atoms with Crippen molar-refractivity contribution < 1.29 is 14.3 Å². The van der Waals surface area contributed by atoms with E-state index in [1.165, 1.54) is 23.9 Å². The number of benzene rings is 2. The van der Waals surface area contributed by atoms with Gasteiger partial charge in [-0.1, -0.05) is 35.9 Å². The van der Waals surface area contributed by atoms with E-state index in [0.29, 0.717) is 11.4 Å². The van der Waals surface area contributed by atoms with Crippen LogP contribution in [0, 0.1) is 5.82 Å². The molecule has 0 aromatic heterocycles. The van der Waals surface area contributed by atoms with E-state index in [9.17, 15) is 9.18 Å². The first-order valence-electron chi connectivity index (χ1n) is 6.60. The first-order valence-corrected chi connectivity index (χ1v) is 8.13. The van der Waals surface area contributed by atoms with E-state index in [-0.39, 0.29) is 23.3 Å². The maximum Gasteiger partial charge on any atom is 0.234 e. The molecule has 116 valence electrons. The molecule has 1 amide bonds. The van der Waals surface area contributed by atoms with Crippen LogP contribution >= 0.6 is 23.4 Å². The lowest BCUT2D eigenvalue weighted by atomic mass is 10.2. The number of carbonyl (C=O) groups excluding carboxylic acids is 1. The standard InChI is InChI=1S/C16H15ClFNO2S/c17-14-7-13(18)5-6-15(14)19-16(21)10-22-9-12-3-1-11(8-20)2-4-12/h1-7,20H,8-10H2,(H,19,21). The Balaban J connectivity index is 1.79. The molecule has 6 heteroatoms. The minimum Gasteiger partial charge on any atom is -0.392 e. The predicted octanol–water partition coefficient (Wildman–Crippen LogP) is 3.84. The molecule has 2 aromatic carbocycles. The van der Waals surface area contributed by atoms with Gasteiger partial charge in [0.1, 0.15) is 5.82 Å². The minimum absolute atomic E-state index is 0.0221. The van der Waals surface area contributed by atoms with Gasteiger partial charge in [-0.3, -0.25) is 4.79 Å². The zero-order chi connectivity index (χ0) is 15.9. The highest BCUT2D eigenvalue weighted by Crippen LogP contribution is 2.22. The third-order valence-corrected chi connectivity index (χ3v) is 4.23. The summed E-state index contributed by atoms with van der Waals surface area (Å²) < 4.78 is 12.9. The number of thioether (sulfide) groups is 1. The molecule has 0 heterocycles. The summed E-state index contributed by atoms with van der Waals surface area (Å²) in [6.45, 7) is 0.0221. The zero-order valence-corrected chi connectivity index (χ0v) is 13.3. The lowest BCUT2D eigenvalue weighted by Gasteiger charge is -2.07. The van der Waals surface area contributed by atoms with Gasteiger partial charge in [-0.2, -0.15) is 0 Å². The summed E-state index contributed by atoms with van der Waals surface area (Å²) in [5.74, 6) is 0.334. The molecule has 2 N–H and O–H groups in total. The molecule has 0 bridgehead atoms. The summed E-state index contributed by atoms with van der Waals surface area (Å²) in [5, 5.41) is 11.8. The van der Waals surface area contributed by atoms with Crippen molar-refractivity contribution in [3.05, 3.63) is 64.4 Å². The zero-order valence-electron chi connectivity index (χ0n) is 11.7. The summed E-state index contributed by atoms with van der Waals surface area (Å²) in [7, 11) is 0. The van der Waals surface area contributed by atoms with Crippen LogP contribution in [0.1, 0.15) is 11.1 Å². The molecule has 0 aliphatic heterocycles. The molecule has 22 heavy (non-hydrogen) atoms. The Bertz CT molecular complexity index is 649. The molecule has 0 atom stereocenters. The van der Waals surface area contributed by atoms with E-state index < -0.39 is 5.82 Å². The Labute approximate surface area is 137 Å². The van der Waals surface area contributed by atoms with Gasteiger partial charge in [0.05, 0.1) is 23.1 Å². The van der Waals surface area contributed by atoms with Crippen LogP contribution in [-0.4, -0.2) is 16.8 Å². The van der Waals surface area contributed by atoms with Crippen LogP contribution in [0.4, 0.5) is 10.1 Å². The van der Waals surface area contributed by atoms with Crippen molar-refractivity contribution >= 4 is 35.0 Å². The second-order valence-electron chi connectivity index (χ2n) is 4.64. The van der Waals surface area contributed by atoms with Gasteiger partial charge in [-0.25, -0.2) is 4.39 Å². The lowest BCUT2D eigenvalue weighted by Crippen LogP contribution is -2.14. The van der Waals surface area contributed by atoms with Crippen LogP contribution in [0.2, 0.25) is 5.02 Å². The molecular weight excluding hydrogens is 325 g/mol. The quantitative estimate of drug-likeness (QED) is 0.840. The molecule has 0 saturated heterocycles. The Kier molecular flexibility index (Phi) is 6.24. The molecule has 0 aliphatic rings. The summed E-state index contributed by atoms with van der Waals surface area (Å²) >= 11 is 7.31. The van der Waals surface area contributed by atoms with E-state index in [1.54, 1.807) is 0 Å². The highest BCUT2D eigenvalue weighted by molar-refractivity contribution is 7.99. The second kappa shape index (κ2) is 8.17. The van der Waals surface area contributed by atoms with Crippen molar-refractivity contribution in [3.8, 4) is 0 Å². The first-order chi connectivity index (χ1) is 10.6. The number of hydrogen-bond acceptors (Lipinski definition) is 3. The average Bonchev–Trinajstić information content (AvgIpc) is 2.51. The van der Waals surface area contributed by atoms with Crippen molar-refractivity contribution in [2.75, 3.05) is 11.1 Å². The number of aliphatic hydroxyl groups excluding tert-OH is 1. The normalized spacial score (nSPS) is 10.5. The number of amides is 1. The smallest absolute Gasteiger partial charge is 0.234 e. The fraction of sp³-hybridized carbons (Fsp3) is 0.188. The number of nitrogens with one attached hydrogen (secondary N) is 1. The molecule has 0 unspecified atom stereocenters.